The second kappa shape index (κ2) is 9.29. The summed E-state index contributed by atoms with van der Waals surface area (Å²) >= 11 is 0. The van der Waals surface area contributed by atoms with E-state index < -0.39 is 0 Å². The fourth-order valence-corrected chi connectivity index (χ4v) is 1.97. The molecule has 2 rings (SSSR count). The molecule has 0 saturated carbocycles. The Kier molecular flexibility index (Phi) is 7.63. The van der Waals surface area contributed by atoms with Crippen molar-refractivity contribution in [2.24, 2.45) is 0 Å². The Morgan fingerprint density at radius 1 is 0.850 bits per heavy atom. The third-order valence-electron chi connectivity index (χ3n) is 3.06. The van der Waals surface area contributed by atoms with Crippen LogP contribution in [0.2, 0.25) is 0 Å². The van der Waals surface area contributed by atoms with Crippen molar-refractivity contribution < 1.29 is 4.79 Å². The van der Waals surface area contributed by atoms with E-state index in [1.54, 1.807) is 0 Å². The van der Waals surface area contributed by atoms with Gasteiger partial charge in [0.15, 0.2) is 5.78 Å². The minimum Gasteiger partial charge on any atom is -0.316 e. The van der Waals surface area contributed by atoms with Crippen LogP contribution in [0, 0.1) is 0 Å². The van der Waals surface area contributed by atoms with Gasteiger partial charge in [0.05, 0.1) is 0 Å². The van der Waals surface area contributed by atoms with Gasteiger partial charge >= 0.3 is 0 Å². The van der Waals surface area contributed by atoms with Gasteiger partial charge in [0, 0.05) is 18.5 Å². The fraction of sp³-hybridized carbons (Fsp3) is 0.235. The number of halogens is 1. The van der Waals surface area contributed by atoms with Gasteiger partial charge in [-0.1, -0.05) is 60.7 Å². The Labute approximate surface area is 126 Å². The summed E-state index contributed by atoms with van der Waals surface area (Å²) in [6, 6.07) is 19.8. The van der Waals surface area contributed by atoms with E-state index in [9.17, 15) is 4.79 Å². The lowest BCUT2D eigenvalue weighted by atomic mass is 10.1. The summed E-state index contributed by atoms with van der Waals surface area (Å²) in [5, 5.41) is 3.31. The summed E-state index contributed by atoms with van der Waals surface area (Å²) in [6.45, 7) is 1.65. The van der Waals surface area contributed by atoms with E-state index >= 15 is 0 Å². The minimum absolute atomic E-state index is 0. The molecule has 20 heavy (non-hydrogen) atoms. The molecule has 0 fully saturated rings. The number of hydrogen-bond donors (Lipinski definition) is 1. The Bertz CT molecular complexity index is 499. The van der Waals surface area contributed by atoms with Gasteiger partial charge in [-0.15, -0.1) is 12.4 Å². The van der Waals surface area contributed by atoms with E-state index in [0.29, 0.717) is 6.42 Å². The first-order valence-electron chi connectivity index (χ1n) is 6.69. The van der Waals surface area contributed by atoms with Crippen molar-refractivity contribution in [2.75, 3.05) is 13.1 Å². The van der Waals surface area contributed by atoms with E-state index in [-0.39, 0.29) is 18.2 Å². The first-order valence-corrected chi connectivity index (χ1v) is 6.69. The van der Waals surface area contributed by atoms with E-state index in [1.807, 2.05) is 48.5 Å². The Morgan fingerprint density at radius 2 is 1.45 bits per heavy atom. The molecule has 0 unspecified atom stereocenters. The lowest BCUT2D eigenvalue weighted by Gasteiger charge is -2.04. The number of Topliss-reactive ketones (excluding diaryl/α,β-unsaturated/α-hetero) is 1. The van der Waals surface area contributed by atoms with Crippen LogP contribution >= 0.6 is 12.4 Å². The number of rotatable bonds is 7. The van der Waals surface area contributed by atoms with Gasteiger partial charge in [-0.2, -0.15) is 0 Å². The standard InChI is InChI=1S/C17H19NO.ClH/c19-17(16-9-5-2-6-10-16)12-14-18-13-11-15-7-3-1-4-8-15;/h1-10,18H,11-14H2;1H. The summed E-state index contributed by atoms with van der Waals surface area (Å²) < 4.78 is 0. The van der Waals surface area contributed by atoms with Crippen molar-refractivity contribution >= 4 is 18.2 Å². The van der Waals surface area contributed by atoms with Crippen LogP contribution in [0.5, 0.6) is 0 Å². The molecule has 0 spiro atoms. The first-order chi connectivity index (χ1) is 9.36. The van der Waals surface area contributed by atoms with E-state index in [0.717, 1.165) is 25.1 Å². The highest BCUT2D eigenvalue weighted by molar-refractivity contribution is 5.96. The van der Waals surface area contributed by atoms with Gasteiger partial charge in [0.2, 0.25) is 0 Å². The van der Waals surface area contributed by atoms with Crippen LogP contribution in [-0.2, 0) is 6.42 Å². The molecule has 1 N–H and O–H groups in total. The van der Waals surface area contributed by atoms with Crippen molar-refractivity contribution in [3.05, 3.63) is 71.8 Å². The third-order valence-corrected chi connectivity index (χ3v) is 3.06. The maximum absolute atomic E-state index is 11.8. The van der Waals surface area contributed by atoms with Gasteiger partial charge in [-0.25, -0.2) is 0 Å². The van der Waals surface area contributed by atoms with Gasteiger partial charge in [0.1, 0.15) is 0 Å². The van der Waals surface area contributed by atoms with Crippen LogP contribution in [0.25, 0.3) is 0 Å². The fourth-order valence-electron chi connectivity index (χ4n) is 1.97. The molecule has 2 nitrogen and oxygen atoms in total. The monoisotopic (exact) mass is 289 g/mol. The Balaban J connectivity index is 0.00000200. The predicted molar refractivity (Wildman–Crippen MR) is 85.7 cm³/mol. The lowest BCUT2D eigenvalue weighted by Crippen LogP contribution is -2.20. The third kappa shape index (κ3) is 5.55. The number of carbonyl (C=O) groups excluding carboxylic acids is 1. The molecule has 0 aromatic heterocycles. The Morgan fingerprint density at radius 3 is 2.10 bits per heavy atom. The molecular formula is C17H20ClNO. The number of ketones is 1. The quantitative estimate of drug-likeness (QED) is 0.624. The normalized spacial score (nSPS) is 9.80. The molecule has 0 atom stereocenters. The molecule has 0 aliphatic heterocycles. The molecule has 0 amide bonds. The van der Waals surface area contributed by atoms with Crippen molar-refractivity contribution in [2.45, 2.75) is 12.8 Å². The van der Waals surface area contributed by atoms with E-state index in [2.05, 4.69) is 17.4 Å². The topological polar surface area (TPSA) is 29.1 Å². The van der Waals surface area contributed by atoms with Crippen molar-refractivity contribution in [3.63, 3.8) is 0 Å². The molecule has 106 valence electrons. The molecule has 2 aromatic carbocycles. The van der Waals surface area contributed by atoms with Gasteiger partial charge in [0.25, 0.3) is 0 Å². The van der Waals surface area contributed by atoms with Crippen molar-refractivity contribution in [1.29, 1.82) is 0 Å². The lowest BCUT2D eigenvalue weighted by molar-refractivity contribution is 0.0982. The zero-order valence-electron chi connectivity index (χ0n) is 11.4. The molecular weight excluding hydrogens is 270 g/mol. The van der Waals surface area contributed by atoms with E-state index in [1.165, 1.54) is 5.56 Å². The van der Waals surface area contributed by atoms with Gasteiger partial charge in [-0.05, 0) is 18.5 Å². The zero-order chi connectivity index (χ0) is 13.3. The van der Waals surface area contributed by atoms with E-state index in [4.69, 9.17) is 0 Å². The Hall–Kier alpha value is -1.64. The first kappa shape index (κ1) is 16.4. The molecule has 0 aliphatic rings. The van der Waals surface area contributed by atoms with Crippen LogP contribution in [0.15, 0.2) is 60.7 Å². The van der Waals surface area contributed by atoms with Crippen molar-refractivity contribution in [3.8, 4) is 0 Å². The van der Waals surface area contributed by atoms with Crippen LogP contribution in [0.1, 0.15) is 22.3 Å². The molecule has 0 saturated heterocycles. The zero-order valence-corrected chi connectivity index (χ0v) is 12.2. The summed E-state index contributed by atoms with van der Waals surface area (Å²) in [5.74, 6) is 0.202. The molecule has 0 heterocycles. The SMILES string of the molecule is Cl.O=C(CCNCCc1ccccc1)c1ccccc1. The average Bonchev–Trinajstić information content (AvgIpc) is 2.49. The summed E-state index contributed by atoms with van der Waals surface area (Å²) in [7, 11) is 0. The predicted octanol–water partition coefficient (Wildman–Crippen LogP) is 3.51. The molecule has 0 bridgehead atoms. The van der Waals surface area contributed by atoms with Crippen LogP contribution in [0.4, 0.5) is 0 Å². The van der Waals surface area contributed by atoms with Gasteiger partial charge < -0.3 is 5.32 Å². The smallest absolute Gasteiger partial charge is 0.164 e. The highest BCUT2D eigenvalue weighted by Gasteiger charge is 2.03. The summed E-state index contributed by atoms with van der Waals surface area (Å²) in [4.78, 5) is 11.8. The molecule has 0 radical (unpaired) electrons. The highest BCUT2D eigenvalue weighted by atomic mass is 35.5. The van der Waals surface area contributed by atoms with Crippen LogP contribution in [0.3, 0.4) is 0 Å². The largest absolute Gasteiger partial charge is 0.316 e. The van der Waals surface area contributed by atoms with Crippen LogP contribution < -0.4 is 5.32 Å². The number of nitrogens with one attached hydrogen (secondary N) is 1. The number of carbonyl (C=O) groups is 1. The number of hydrogen-bond acceptors (Lipinski definition) is 2. The molecule has 3 heteroatoms. The summed E-state index contributed by atoms with van der Waals surface area (Å²) in [6.07, 6.45) is 1.55. The minimum atomic E-state index is 0. The second-order valence-corrected chi connectivity index (χ2v) is 4.52. The van der Waals surface area contributed by atoms with Gasteiger partial charge in [-0.3, -0.25) is 4.79 Å². The average molecular weight is 290 g/mol. The summed E-state index contributed by atoms with van der Waals surface area (Å²) in [5.41, 5.74) is 2.12. The number of benzene rings is 2. The molecule has 0 aliphatic carbocycles. The highest BCUT2D eigenvalue weighted by Crippen LogP contribution is 2.02. The maximum Gasteiger partial charge on any atom is 0.164 e. The second-order valence-electron chi connectivity index (χ2n) is 4.52. The van der Waals surface area contributed by atoms with Crippen molar-refractivity contribution in [1.82, 2.24) is 5.32 Å². The van der Waals surface area contributed by atoms with Crippen LogP contribution in [-0.4, -0.2) is 18.9 Å². The maximum atomic E-state index is 11.8. The molecule has 2 aromatic rings.